The maximum absolute atomic E-state index is 12.1. The quantitative estimate of drug-likeness (QED) is 0.723. The summed E-state index contributed by atoms with van der Waals surface area (Å²) in [5.41, 5.74) is 1.10. The van der Waals surface area contributed by atoms with Gasteiger partial charge in [0.2, 0.25) is 0 Å². The van der Waals surface area contributed by atoms with Crippen LogP contribution in [-0.4, -0.2) is 17.9 Å². The Kier molecular flexibility index (Phi) is 3.25. The number of carbonyl (C=O) groups excluding carboxylic acids is 1. The van der Waals surface area contributed by atoms with E-state index in [0.717, 1.165) is 5.56 Å². The van der Waals surface area contributed by atoms with Crippen molar-refractivity contribution in [2.24, 2.45) is 0 Å². The van der Waals surface area contributed by atoms with Gasteiger partial charge in [-0.3, -0.25) is 4.79 Å². The molecule has 0 N–H and O–H groups in total. The number of amides is 1. The maximum Gasteiger partial charge on any atom is 0.289 e. The van der Waals surface area contributed by atoms with Crippen LogP contribution in [0.4, 0.5) is 0 Å². The van der Waals surface area contributed by atoms with Crippen LogP contribution in [0.2, 0.25) is 0 Å². The van der Waals surface area contributed by atoms with E-state index in [-0.39, 0.29) is 5.91 Å². The van der Waals surface area contributed by atoms with Gasteiger partial charge in [-0.05, 0) is 34.5 Å². The first kappa shape index (κ1) is 12.5. The normalized spacial score (nSPS) is 10.7. The molecule has 3 heteroatoms. The molecule has 100 valence electrons. The Balaban J connectivity index is 1.80. The Bertz CT molecular complexity index is 732. The Labute approximate surface area is 117 Å². The van der Waals surface area contributed by atoms with Crippen LogP contribution in [0.5, 0.6) is 0 Å². The molecule has 0 unspecified atom stereocenters. The number of fused-ring (bicyclic) bond motifs is 1. The largest absolute Gasteiger partial charge is 0.459 e. The molecule has 1 aromatic heterocycles. The van der Waals surface area contributed by atoms with E-state index in [1.54, 1.807) is 24.1 Å². The van der Waals surface area contributed by atoms with E-state index >= 15 is 0 Å². The Morgan fingerprint density at radius 1 is 1.05 bits per heavy atom. The van der Waals surface area contributed by atoms with Crippen molar-refractivity contribution in [2.45, 2.75) is 6.54 Å². The number of hydrogen-bond acceptors (Lipinski definition) is 2. The highest BCUT2D eigenvalue weighted by Gasteiger charge is 2.14. The average molecular weight is 265 g/mol. The molecule has 0 aliphatic heterocycles. The summed E-state index contributed by atoms with van der Waals surface area (Å²) >= 11 is 0. The monoisotopic (exact) mass is 265 g/mol. The summed E-state index contributed by atoms with van der Waals surface area (Å²) in [6.45, 7) is 0.560. The minimum atomic E-state index is -0.108. The van der Waals surface area contributed by atoms with Crippen molar-refractivity contribution in [3.05, 3.63) is 72.2 Å². The summed E-state index contributed by atoms with van der Waals surface area (Å²) in [6.07, 6.45) is 1.51. The van der Waals surface area contributed by atoms with Crippen molar-refractivity contribution in [1.29, 1.82) is 0 Å². The molecular formula is C17H15NO2. The van der Waals surface area contributed by atoms with Gasteiger partial charge in [-0.1, -0.05) is 36.4 Å². The van der Waals surface area contributed by atoms with E-state index in [9.17, 15) is 4.79 Å². The third-order valence-corrected chi connectivity index (χ3v) is 3.31. The van der Waals surface area contributed by atoms with E-state index < -0.39 is 0 Å². The highest BCUT2D eigenvalue weighted by atomic mass is 16.3. The second kappa shape index (κ2) is 5.21. The van der Waals surface area contributed by atoms with Crippen LogP contribution in [0.15, 0.2) is 65.3 Å². The second-order valence-corrected chi connectivity index (χ2v) is 4.82. The van der Waals surface area contributed by atoms with Gasteiger partial charge in [-0.15, -0.1) is 0 Å². The lowest BCUT2D eigenvalue weighted by atomic mass is 10.1. The Morgan fingerprint density at radius 2 is 1.85 bits per heavy atom. The van der Waals surface area contributed by atoms with Gasteiger partial charge in [0.1, 0.15) is 0 Å². The molecule has 0 radical (unpaired) electrons. The highest BCUT2D eigenvalue weighted by molar-refractivity contribution is 5.91. The predicted octanol–water partition coefficient (Wildman–Crippen LogP) is 3.71. The fourth-order valence-electron chi connectivity index (χ4n) is 2.27. The first-order chi connectivity index (χ1) is 9.74. The molecule has 3 aromatic rings. The molecule has 3 nitrogen and oxygen atoms in total. The maximum atomic E-state index is 12.1. The molecule has 0 aliphatic carbocycles. The Hall–Kier alpha value is -2.55. The molecule has 0 aliphatic rings. The van der Waals surface area contributed by atoms with Crippen LogP contribution in [-0.2, 0) is 6.54 Å². The number of furan rings is 1. The fourth-order valence-corrected chi connectivity index (χ4v) is 2.27. The molecule has 0 atom stereocenters. The van der Waals surface area contributed by atoms with Crippen LogP contribution in [0.1, 0.15) is 16.1 Å². The molecular weight excluding hydrogens is 250 g/mol. The van der Waals surface area contributed by atoms with E-state index in [2.05, 4.69) is 24.3 Å². The molecule has 1 amide bonds. The van der Waals surface area contributed by atoms with E-state index in [1.165, 1.54) is 17.0 Å². The third-order valence-electron chi connectivity index (χ3n) is 3.31. The van der Waals surface area contributed by atoms with Gasteiger partial charge in [0, 0.05) is 13.6 Å². The summed E-state index contributed by atoms with van der Waals surface area (Å²) in [6, 6.07) is 17.8. The van der Waals surface area contributed by atoms with Gasteiger partial charge >= 0.3 is 0 Å². The molecule has 0 saturated carbocycles. The molecule has 3 rings (SSSR count). The van der Waals surface area contributed by atoms with Crippen LogP contribution >= 0.6 is 0 Å². The zero-order chi connectivity index (χ0) is 13.9. The molecule has 0 saturated heterocycles. The lowest BCUT2D eigenvalue weighted by Gasteiger charge is -2.16. The smallest absolute Gasteiger partial charge is 0.289 e. The first-order valence-electron chi connectivity index (χ1n) is 6.51. The first-order valence-corrected chi connectivity index (χ1v) is 6.51. The van der Waals surface area contributed by atoms with E-state index in [4.69, 9.17) is 4.42 Å². The zero-order valence-electron chi connectivity index (χ0n) is 11.2. The minimum absolute atomic E-state index is 0.108. The molecule has 0 fully saturated rings. The predicted molar refractivity (Wildman–Crippen MR) is 78.5 cm³/mol. The minimum Gasteiger partial charge on any atom is -0.459 e. The molecule has 0 bridgehead atoms. The number of hydrogen-bond donors (Lipinski definition) is 0. The van der Waals surface area contributed by atoms with Crippen LogP contribution in [0.25, 0.3) is 10.8 Å². The number of benzene rings is 2. The summed E-state index contributed by atoms with van der Waals surface area (Å²) in [7, 11) is 1.78. The Morgan fingerprint density at radius 3 is 2.60 bits per heavy atom. The summed E-state index contributed by atoms with van der Waals surface area (Å²) < 4.78 is 5.13. The van der Waals surface area contributed by atoms with Crippen molar-refractivity contribution in [3.8, 4) is 0 Å². The molecule has 0 spiro atoms. The highest BCUT2D eigenvalue weighted by Crippen LogP contribution is 2.17. The van der Waals surface area contributed by atoms with Crippen LogP contribution < -0.4 is 0 Å². The second-order valence-electron chi connectivity index (χ2n) is 4.82. The van der Waals surface area contributed by atoms with Crippen molar-refractivity contribution in [1.82, 2.24) is 4.90 Å². The van der Waals surface area contributed by atoms with Gasteiger partial charge in [0.25, 0.3) is 5.91 Å². The standard InChI is InChI=1S/C17H15NO2/c1-18(17(19)16-7-4-10-20-16)12-13-8-9-14-5-2-3-6-15(14)11-13/h2-11H,12H2,1H3. The van der Waals surface area contributed by atoms with Gasteiger partial charge in [0.15, 0.2) is 5.76 Å². The van der Waals surface area contributed by atoms with Gasteiger partial charge in [0.05, 0.1) is 6.26 Å². The van der Waals surface area contributed by atoms with Crippen molar-refractivity contribution in [3.63, 3.8) is 0 Å². The van der Waals surface area contributed by atoms with Gasteiger partial charge < -0.3 is 9.32 Å². The zero-order valence-corrected chi connectivity index (χ0v) is 11.2. The van der Waals surface area contributed by atoms with Crippen LogP contribution in [0.3, 0.4) is 0 Å². The number of carbonyl (C=O) groups is 1. The molecule has 2 aromatic carbocycles. The summed E-state index contributed by atoms with van der Waals surface area (Å²) in [4.78, 5) is 13.8. The third kappa shape index (κ3) is 2.43. The van der Waals surface area contributed by atoms with E-state index in [1.807, 2.05) is 18.2 Å². The lowest BCUT2D eigenvalue weighted by Crippen LogP contribution is -2.25. The molecule has 1 heterocycles. The molecule has 20 heavy (non-hydrogen) atoms. The summed E-state index contributed by atoms with van der Waals surface area (Å²) in [5.74, 6) is 0.261. The van der Waals surface area contributed by atoms with Gasteiger partial charge in [-0.25, -0.2) is 0 Å². The number of nitrogens with zero attached hydrogens (tertiary/aromatic N) is 1. The van der Waals surface area contributed by atoms with Crippen molar-refractivity contribution < 1.29 is 9.21 Å². The summed E-state index contributed by atoms with van der Waals surface area (Å²) in [5, 5.41) is 2.39. The van der Waals surface area contributed by atoms with Gasteiger partial charge in [-0.2, -0.15) is 0 Å². The number of rotatable bonds is 3. The van der Waals surface area contributed by atoms with Crippen molar-refractivity contribution in [2.75, 3.05) is 7.05 Å². The lowest BCUT2D eigenvalue weighted by molar-refractivity contribution is 0.0753. The van der Waals surface area contributed by atoms with E-state index in [0.29, 0.717) is 12.3 Å². The topological polar surface area (TPSA) is 33.5 Å². The average Bonchev–Trinajstić information content (AvgIpc) is 3.00. The fraction of sp³-hybridized carbons (Fsp3) is 0.118. The SMILES string of the molecule is CN(Cc1ccc2ccccc2c1)C(=O)c1ccco1. The van der Waals surface area contributed by atoms with Crippen LogP contribution in [0, 0.1) is 0 Å². The van der Waals surface area contributed by atoms with Crippen molar-refractivity contribution >= 4 is 16.7 Å².